The van der Waals surface area contributed by atoms with Crippen molar-refractivity contribution in [2.24, 2.45) is 5.92 Å². The Morgan fingerprint density at radius 1 is 1.15 bits per heavy atom. The molecule has 0 radical (unpaired) electrons. The smallest absolute Gasteiger partial charge is 0.228 e. The summed E-state index contributed by atoms with van der Waals surface area (Å²) in [4.78, 5) is 12.3. The standard InChI is InChI=1S/C16H15ClN2O/c17-13-5-6-15(14(18)9-13)19-16(20)12-7-10-3-1-2-4-11(10)8-12/h1-6,9,12H,7-8,18H2,(H,19,20). The number of nitrogens with two attached hydrogens (primary N) is 1. The minimum absolute atomic E-state index is 0.00947. The molecule has 0 heterocycles. The third-order valence-corrected chi connectivity index (χ3v) is 3.93. The summed E-state index contributed by atoms with van der Waals surface area (Å²) in [6.45, 7) is 0. The number of nitrogen functional groups attached to an aromatic ring is 1. The average Bonchev–Trinajstić information content (AvgIpc) is 2.86. The third kappa shape index (κ3) is 2.49. The third-order valence-electron chi connectivity index (χ3n) is 3.69. The number of amides is 1. The van der Waals surface area contributed by atoms with Crippen LogP contribution in [0.1, 0.15) is 11.1 Å². The Bertz CT molecular complexity index is 644. The number of carbonyl (C=O) groups is 1. The predicted molar refractivity (Wildman–Crippen MR) is 81.8 cm³/mol. The van der Waals surface area contributed by atoms with Crippen LogP contribution in [-0.4, -0.2) is 5.91 Å². The van der Waals surface area contributed by atoms with E-state index in [1.165, 1.54) is 11.1 Å². The Morgan fingerprint density at radius 3 is 2.40 bits per heavy atom. The quantitative estimate of drug-likeness (QED) is 0.833. The van der Waals surface area contributed by atoms with Gasteiger partial charge in [0.15, 0.2) is 0 Å². The Labute approximate surface area is 122 Å². The molecule has 0 aliphatic heterocycles. The van der Waals surface area contributed by atoms with E-state index in [4.69, 9.17) is 17.3 Å². The fourth-order valence-electron chi connectivity index (χ4n) is 2.63. The highest BCUT2D eigenvalue weighted by Gasteiger charge is 2.27. The summed E-state index contributed by atoms with van der Waals surface area (Å²) >= 11 is 5.85. The molecule has 0 fully saturated rings. The summed E-state index contributed by atoms with van der Waals surface area (Å²) in [5.41, 5.74) is 9.48. The van der Waals surface area contributed by atoms with E-state index in [1.807, 2.05) is 12.1 Å². The lowest BCUT2D eigenvalue weighted by Gasteiger charge is -2.12. The number of rotatable bonds is 2. The Morgan fingerprint density at radius 2 is 1.80 bits per heavy atom. The van der Waals surface area contributed by atoms with Gasteiger partial charge in [-0.2, -0.15) is 0 Å². The molecule has 2 aromatic carbocycles. The lowest BCUT2D eigenvalue weighted by Crippen LogP contribution is -2.23. The van der Waals surface area contributed by atoms with Crippen molar-refractivity contribution in [3.8, 4) is 0 Å². The molecule has 0 unspecified atom stereocenters. The number of anilines is 2. The maximum atomic E-state index is 12.3. The number of fused-ring (bicyclic) bond motifs is 1. The van der Waals surface area contributed by atoms with E-state index in [9.17, 15) is 4.79 Å². The van der Waals surface area contributed by atoms with Crippen LogP contribution in [0.4, 0.5) is 11.4 Å². The maximum absolute atomic E-state index is 12.3. The van der Waals surface area contributed by atoms with E-state index < -0.39 is 0 Å². The summed E-state index contributed by atoms with van der Waals surface area (Å²) in [5.74, 6) is -0.0160. The first-order valence-corrected chi connectivity index (χ1v) is 6.94. The normalized spacial score (nSPS) is 14.1. The highest BCUT2D eigenvalue weighted by atomic mass is 35.5. The van der Waals surface area contributed by atoms with Crippen LogP contribution in [0.5, 0.6) is 0 Å². The van der Waals surface area contributed by atoms with E-state index in [2.05, 4.69) is 17.4 Å². The van der Waals surface area contributed by atoms with Gasteiger partial charge in [-0.05, 0) is 42.2 Å². The lowest BCUT2D eigenvalue weighted by atomic mass is 10.1. The number of hydrogen-bond acceptors (Lipinski definition) is 2. The van der Waals surface area contributed by atoms with Crippen molar-refractivity contribution >= 4 is 28.9 Å². The Balaban J connectivity index is 1.72. The van der Waals surface area contributed by atoms with Crippen LogP contribution < -0.4 is 11.1 Å². The molecular formula is C16H15ClN2O. The molecule has 0 bridgehead atoms. The van der Waals surface area contributed by atoms with Crippen LogP contribution in [-0.2, 0) is 17.6 Å². The van der Waals surface area contributed by atoms with Crippen LogP contribution in [0, 0.1) is 5.92 Å². The van der Waals surface area contributed by atoms with Crippen molar-refractivity contribution in [3.05, 3.63) is 58.6 Å². The van der Waals surface area contributed by atoms with Crippen molar-refractivity contribution in [3.63, 3.8) is 0 Å². The van der Waals surface area contributed by atoms with Crippen LogP contribution in [0.15, 0.2) is 42.5 Å². The topological polar surface area (TPSA) is 55.1 Å². The lowest BCUT2D eigenvalue weighted by molar-refractivity contribution is -0.119. The minimum Gasteiger partial charge on any atom is -0.397 e. The van der Waals surface area contributed by atoms with Crippen LogP contribution in [0.2, 0.25) is 5.02 Å². The highest BCUT2D eigenvalue weighted by Crippen LogP contribution is 2.29. The van der Waals surface area contributed by atoms with Gasteiger partial charge in [-0.15, -0.1) is 0 Å². The SMILES string of the molecule is Nc1cc(Cl)ccc1NC(=O)C1Cc2ccccc2C1. The molecule has 102 valence electrons. The van der Waals surface area contributed by atoms with Gasteiger partial charge in [-0.25, -0.2) is 0 Å². The molecule has 4 heteroatoms. The van der Waals surface area contributed by atoms with Gasteiger partial charge in [0.05, 0.1) is 11.4 Å². The minimum atomic E-state index is -0.0255. The van der Waals surface area contributed by atoms with E-state index in [-0.39, 0.29) is 11.8 Å². The molecule has 1 aliphatic rings. The molecule has 0 spiro atoms. The van der Waals surface area contributed by atoms with Crippen molar-refractivity contribution in [1.29, 1.82) is 0 Å². The zero-order chi connectivity index (χ0) is 14.1. The fourth-order valence-corrected chi connectivity index (χ4v) is 2.81. The molecule has 0 saturated heterocycles. The zero-order valence-corrected chi connectivity index (χ0v) is 11.7. The van der Waals surface area contributed by atoms with Gasteiger partial charge in [0.2, 0.25) is 5.91 Å². The zero-order valence-electron chi connectivity index (χ0n) is 10.9. The van der Waals surface area contributed by atoms with Crippen molar-refractivity contribution in [2.75, 3.05) is 11.1 Å². The largest absolute Gasteiger partial charge is 0.397 e. The fraction of sp³-hybridized carbons (Fsp3) is 0.188. The molecule has 0 atom stereocenters. The molecule has 1 amide bonds. The maximum Gasteiger partial charge on any atom is 0.228 e. The Hall–Kier alpha value is -2.00. The second-order valence-electron chi connectivity index (χ2n) is 5.09. The number of halogens is 1. The summed E-state index contributed by atoms with van der Waals surface area (Å²) in [6.07, 6.45) is 1.57. The molecule has 1 aliphatic carbocycles. The molecular weight excluding hydrogens is 272 g/mol. The predicted octanol–water partition coefficient (Wildman–Crippen LogP) is 3.28. The second kappa shape index (κ2) is 5.17. The van der Waals surface area contributed by atoms with Crippen molar-refractivity contribution in [2.45, 2.75) is 12.8 Å². The summed E-state index contributed by atoms with van der Waals surface area (Å²) in [7, 11) is 0. The van der Waals surface area contributed by atoms with E-state index >= 15 is 0 Å². The number of carbonyl (C=O) groups excluding carboxylic acids is 1. The molecule has 2 aromatic rings. The molecule has 0 saturated carbocycles. The van der Waals surface area contributed by atoms with E-state index in [0.29, 0.717) is 16.4 Å². The second-order valence-corrected chi connectivity index (χ2v) is 5.53. The number of hydrogen-bond donors (Lipinski definition) is 2. The molecule has 3 N–H and O–H groups in total. The average molecular weight is 287 g/mol. The first-order valence-electron chi connectivity index (χ1n) is 6.56. The Kier molecular flexibility index (Phi) is 3.36. The van der Waals surface area contributed by atoms with Gasteiger partial charge in [-0.3, -0.25) is 4.79 Å². The summed E-state index contributed by atoms with van der Waals surface area (Å²) < 4.78 is 0. The van der Waals surface area contributed by atoms with Gasteiger partial charge >= 0.3 is 0 Å². The molecule has 3 nitrogen and oxygen atoms in total. The number of benzene rings is 2. The first-order chi connectivity index (χ1) is 9.63. The molecule has 3 rings (SSSR count). The number of nitrogens with one attached hydrogen (secondary N) is 1. The summed E-state index contributed by atoms with van der Waals surface area (Å²) in [6, 6.07) is 13.3. The molecule has 0 aromatic heterocycles. The van der Waals surface area contributed by atoms with Crippen LogP contribution in [0.3, 0.4) is 0 Å². The monoisotopic (exact) mass is 286 g/mol. The van der Waals surface area contributed by atoms with E-state index in [0.717, 1.165) is 12.8 Å². The van der Waals surface area contributed by atoms with Crippen molar-refractivity contribution in [1.82, 2.24) is 0 Å². The van der Waals surface area contributed by atoms with Gasteiger partial charge in [0, 0.05) is 10.9 Å². The van der Waals surface area contributed by atoms with Crippen molar-refractivity contribution < 1.29 is 4.79 Å². The molecule has 20 heavy (non-hydrogen) atoms. The van der Waals surface area contributed by atoms with Gasteiger partial charge in [0.25, 0.3) is 0 Å². The van der Waals surface area contributed by atoms with E-state index in [1.54, 1.807) is 18.2 Å². The van der Waals surface area contributed by atoms with Gasteiger partial charge < -0.3 is 11.1 Å². The van der Waals surface area contributed by atoms with Crippen LogP contribution >= 0.6 is 11.6 Å². The summed E-state index contributed by atoms with van der Waals surface area (Å²) in [5, 5.41) is 3.46. The first kappa shape index (κ1) is 13.0. The van der Waals surface area contributed by atoms with Crippen LogP contribution in [0.25, 0.3) is 0 Å². The van der Waals surface area contributed by atoms with Gasteiger partial charge in [-0.1, -0.05) is 35.9 Å². The highest BCUT2D eigenvalue weighted by molar-refractivity contribution is 6.31. The van der Waals surface area contributed by atoms with Gasteiger partial charge in [0.1, 0.15) is 0 Å².